The van der Waals surface area contributed by atoms with Gasteiger partial charge in [0.15, 0.2) is 0 Å². The second-order valence-electron chi connectivity index (χ2n) is 6.51. The second-order valence-corrected chi connectivity index (χ2v) is 6.51. The first-order chi connectivity index (χ1) is 12.4. The topological polar surface area (TPSA) is 111 Å². The number of hydrogen-bond acceptors (Lipinski definition) is 6. The van der Waals surface area contributed by atoms with Gasteiger partial charge in [0.05, 0.1) is 21.6 Å². The van der Waals surface area contributed by atoms with E-state index < -0.39 is 9.85 Å². The Labute approximate surface area is 149 Å². The summed E-state index contributed by atoms with van der Waals surface area (Å²) in [5, 5.41) is 26.5. The number of nitro benzene ring substituents is 2. The molecule has 2 aromatic carbocycles. The molecule has 1 N–H and O–H groups in total. The van der Waals surface area contributed by atoms with Crippen molar-refractivity contribution in [2.45, 2.75) is 26.7 Å². The number of non-ortho nitro benzene ring substituents is 1. The third-order valence-electron chi connectivity index (χ3n) is 4.46. The highest BCUT2D eigenvalue weighted by atomic mass is 16.6. The number of fused-ring (bicyclic) bond motifs is 1. The van der Waals surface area contributed by atoms with Gasteiger partial charge >= 0.3 is 5.69 Å². The molecule has 1 aliphatic carbocycles. The summed E-state index contributed by atoms with van der Waals surface area (Å²) in [5.41, 5.74) is 6.39. The molecule has 1 atom stereocenters. The highest BCUT2D eigenvalue weighted by Crippen LogP contribution is 2.31. The molecule has 1 unspecified atom stereocenters. The lowest BCUT2D eigenvalue weighted by atomic mass is 9.81. The van der Waals surface area contributed by atoms with Gasteiger partial charge in [-0.1, -0.05) is 25.1 Å². The zero-order valence-corrected chi connectivity index (χ0v) is 14.4. The number of hydrazone groups is 1. The minimum atomic E-state index is -0.662. The fraction of sp³-hybridized carbons (Fsp3) is 0.278. The molecule has 0 saturated carbocycles. The maximum Gasteiger partial charge on any atom is 0.301 e. The number of nitro groups is 2. The summed E-state index contributed by atoms with van der Waals surface area (Å²) in [4.78, 5) is 20.8. The van der Waals surface area contributed by atoms with Crippen molar-refractivity contribution in [1.82, 2.24) is 0 Å². The van der Waals surface area contributed by atoms with Gasteiger partial charge in [-0.3, -0.25) is 25.7 Å². The number of benzene rings is 2. The molecule has 2 aromatic rings. The van der Waals surface area contributed by atoms with Crippen LogP contribution in [0.25, 0.3) is 0 Å². The zero-order chi connectivity index (χ0) is 18.8. The van der Waals surface area contributed by atoms with E-state index in [4.69, 9.17) is 0 Å². The second kappa shape index (κ2) is 6.91. The van der Waals surface area contributed by atoms with Crippen molar-refractivity contribution in [3.8, 4) is 0 Å². The molecule has 8 heteroatoms. The Hall–Kier alpha value is -3.29. The number of rotatable bonds is 4. The average molecular weight is 354 g/mol. The SMILES string of the molecule is Cc1cccc2c1/C(=N/Nc1ccc([N+](=O)[O-])cc1[N+](=O)[O-])CC(C)C2. The van der Waals surface area contributed by atoms with Crippen molar-refractivity contribution in [2.75, 3.05) is 5.43 Å². The molecule has 0 heterocycles. The van der Waals surface area contributed by atoms with Crippen LogP contribution in [0.3, 0.4) is 0 Å². The molecule has 8 nitrogen and oxygen atoms in total. The molecule has 0 amide bonds. The van der Waals surface area contributed by atoms with E-state index in [9.17, 15) is 20.2 Å². The molecule has 0 aromatic heterocycles. The number of anilines is 1. The van der Waals surface area contributed by atoms with Gasteiger partial charge in [-0.25, -0.2) is 0 Å². The normalized spacial score (nSPS) is 17.6. The molecule has 3 rings (SSSR count). The van der Waals surface area contributed by atoms with Gasteiger partial charge in [0.1, 0.15) is 5.69 Å². The lowest BCUT2D eigenvalue weighted by molar-refractivity contribution is -0.393. The maximum absolute atomic E-state index is 11.2. The van der Waals surface area contributed by atoms with Gasteiger partial charge in [-0.05, 0) is 42.9 Å². The van der Waals surface area contributed by atoms with Crippen molar-refractivity contribution < 1.29 is 9.85 Å². The lowest BCUT2D eigenvalue weighted by Gasteiger charge is -2.24. The zero-order valence-electron chi connectivity index (χ0n) is 14.4. The Balaban J connectivity index is 1.98. The molecule has 1 aliphatic rings. The van der Waals surface area contributed by atoms with Gasteiger partial charge in [0.2, 0.25) is 0 Å². The van der Waals surface area contributed by atoms with E-state index in [1.54, 1.807) is 0 Å². The Bertz CT molecular complexity index is 923. The Morgan fingerprint density at radius 1 is 1.12 bits per heavy atom. The van der Waals surface area contributed by atoms with Crippen molar-refractivity contribution in [3.05, 3.63) is 73.3 Å². The van der Waals surface area contributed by atoms with Crippen molar-refractivity contribution in [2.24, 2.45) is 11.0 Å². The minimum Gasteiger partial charge on any atom is -0.271 e. The van der Waals surface area contributed by atoms with Crippen LogP contribution in [0.1, 0.15) is 30.0 Å². The highest BCUT2D eigenvalue weighted by molar-refractivity contribution is 6.04. The van der Waals surface area contributed by atoms with Gasteiger partial charge in [-0.15, -0.1) is 0 Å². The van der Waals surface area contributed by atoms with Crippen LogP contribution in [-0.2, 0) is 6.42 Å². The van der Waals surface area contributed by atoms with E-state index in [2.05, 4.69) is 23.5 Å². The summed E-state index contributed by atoms with van der Waals surface area (Å²) in [7, 11) is 0. The third kappa shape index (κ3) is 3.39. The standard InChI is InChI=1S/C18H18N4O4/c1-11-8-13-5-3-4-12(2)18(13)16(9-11)20-19-15-7-6-14(21(23)24)10-17(15)22(25)26/h3-7,10-11,19H,8-9H2,1-2H3/b20-16+. The predicted octanol–water partition coefficient (Wildman–Crippen LogP) is 4.21. The van der Waals surface area contributed by atoms with Crippen LogP contribution in [-0.4, -0.2) is 15.6 Å². The van der Waals surface area contributed by atoms with Gasteiger partial charge in [0.25, 0.3) is 5.69 Å². The molecule has 0 aliphatic heterocycles. The van der Waals surface area contributed by atoms with Crippen molar-refractivity contribution in [1.29, 1.82) is 0 Å². The highest BCUT2D eigenvalue weighted by Gasteiger charge is 2.23. The Morgan fingerprint density at radius 3 is 2.58 bits per heavy atom. The summed E-state index contributed by atoms with van der Waals surface area (Å²) < 4.78 is 0. The van der Waals surface area contributed by atoms with E-state index in [0.29, 0.717) is 5.92 Å². The van der Waals surface area contributed by atoms with E-state index in [1.165, 1.54) is 17.7 Å². The summed E-state index contributed by atoms with van der Waals surface area (Å²) in [6, 6.07) is 9.56. The summed E-state index contributed by atoms with van der Waals surface area (Å²) >= 11 is 0. The monoisotopic (exact) mass is 354 g/mol. The Morgan fingerprint density at radius 2 is 1.88 bits per heavy atom. The largest absolute Gasteiger partial charge is 0.301 e. The predicted molar refractivity (Wildman–Crippen MR) is 98.6 cm³/mol. The van der Waals surface area contributed by atoms with Gasteiger partial charge in [-0.2, -0.15) is 5.10 Å². The number of nitrogens with one attached hydrogen (secondary N) is 1. The molecular weight excluding hydrogens is 336 g/mol. The fourth-order valence-corrected chi connectivity index (χ4v) is 3.30. The summed E-state index contributed by atoms with van der Waals surface area (Å²) in [5.74, 6) is 0.414. The van der Waals surface area contributed by atoms with E-state index in [0.717, 1.165) is 35.7 Å². The first-order valence-corrected chi connectivity index (χ1v) is 8.21. The van der Waals surface area contributed by atoms with Gasteiger partial charge < -0.3 is 0 Å². The minimum absolute atomic E-state index is 0.126. The lowest BCUT2D eigenvalue weighted by Crippen LogP contribution is -2.21. The number of hydrogen-bond donors (Lipinski definition) is 1. The number of aryl methyl sites for hydroxylation is 1. The third-order valence-corrected chi connectivity index (χ3v) is 4.46. The maximum atomic E-state index is 11.2. The van der Waals surface area contributed by atoms with Crippen LogP contribution in [0, 0.1) is 33.1 Å². The first-order valence-electron chi connectivity index (χ1n) is 8.21. The molecule has 134 valence electrons. The van der Waals surface area contributed by atoms with E-state index >= 15 is 0 Å². The molecule has 0 bridgehead atoms. The summed E-state index contributed by atoms with van der Waals surface area (Å²) in [6.07, 6.45) is 1.72. The average Bonchev–Trinajstić information content (AvgIpc) is 2.59. The van der Waals surface area contributed by atoms with Crippen LogP contribution in [0.2, 0.25) is 0 Å². The molecule has 0 fully saturated rings. The van der Waals surface area contributed by atoms with E-state index in [-0.39, 0.29) is 17.1 Å². The first kappa shape index (κ1) is 17.5. The molecular formula is C18H18N4O4. The quantitative estimate of drug-likeness (QED) is 0.653. The smallest absolute Gasteiger partial charge is 0.271 e. The fourth-order valence-electron chi connectivity index (χ4n) is 3.30. The van der Waals surface area contributed by atoms with Crippen molar-refractivity contribution in [3.63, 3.8) is 0 Å². The summed E-state index contributed by atoms with van der Waals surface area (Å²) in [6.45, 7) is 4.15. The van der Waals surface area contributed by atoms with Crippen molar-refractivity contribution >= 4 is 22.8 Å². The Kier molecular flexibility index (Phi) is 4.66. The van der Waals surface area contributed by atoms with E-state index in [1.807, 2.05) is 19.1 Å². The van der Waals surface area contributed by atoms with Gasteiger partial charge in [0, 0.05) is 11.6 Å². The van der Waals surface area contributed by atoms with Crippen LogP contribution in [0.5, 0.6) is 0 Å². The van der Waals surface area contributed by atoms with Crippen LogP contribution in [0.4, 0.5) is 17.1 Å². The molecule has 26 heavy (non-hydrogen) atoms. The van der Waals surface area contributed by atoms with Crippen LogP contribution >= 0.6 is 0 Å². The molecule has 0 spiro atoms. The molecule has 0 saturated heterocycles. The number of nitrogens with zero attached hydrogens (tertiary/aromatic N) is 3. The molecule has 0 radical (unpaired) electrons. The van der Waals surface area contributed by atoms with Crippen LogP contribution < -0.4 is 5.43 Å². The van der Waals surface area contributed by atoms with Crippen LogP contribution in [0.15, 0.2) is 41.5 Å².